The average molecular weight is 291 g/mol. The fourth-order valence-corrected chi connectivity index (χ4v) is 2.90. The van der Waals surface area contributed by atoms with Crippen molar-refractivity contribution in [2.24, 2.45) is 0 Å². The molecule has 1 atom stereocenters. The van der Waals surface area contributed by atoms with Crippen molar-refractivity contribution in [2.45, 2.75) is 45.7 Å². The molecule has 1 unspecified atom stereocenters. The average Bonchev–Trinajstić information content (AvgIpc) is 2.44. The van der Waals surface area contributed by atoms with E-state index in [4.69, 9.17) is 0 Å². The molecule has 5 nitrogen and oxygen atoms in total. The number of likely N-dealkylation sites (N-methyl/N-ethyl adjacent to an activating group) is 2. The molecule has 1 N–H and O–H groups in total. The lowest BCUT2D eigenvalue weighted by molar-refractivity contribution is 0.127. The fourth-order valence-electron chi connectivity index (χ4n) is 2.90. The van der Waals surface area contributed by atoms with Crippen molar-refractivity contribution in [3.05, 3.63) is 17.6 Å². The molecule has 1 aromatic heterocycles. The van der Waals surface area contributed by atoms with E-state index in [0.717, 1.165) is 43.4 Å². The third-order valence-corrected chi connectivity index (χ3v) is 4.07. The summed E-state index contributed by atoms with van der Waals surface area (Å²) in [4.78, 5) is 14.0. The van der Waals surface area contributed by atoms with Crippen LogP contribution in [0.25, 0.3) is 0 Å². The Bertz CT molecular complexity index is 448. The number of likely N-dealkylation sites (tertiary alicyclic amines) is 1. The SMILES string of the molecule is CCCNc1cc(C)nc(CN(C)C2CCCN(C)C2)n1. The molecule has 0 amide bonds. The van der Waals surface area contributed by atoms with E-state index in [1.165, 1.54) is 19.4 Å². The summed E-state index contributed by atoms with van der Waals surface area (Å²) >= 11 is 0. The minimum Gasteiger partial charge on any atom is -0.370 e. The van der Waals surface area contributed by atoms with Gasteiger partial charge in [0.1, 0.15) is 11.6 Å². The standard InChI is InChI=1S/C16H29N5/c1-5-8-17-15-10-13(2)18-16(19-15)12-21(4)14-7-6-9-20(3)11-14/h10,14H,5-9,11-12H2,1-4H3,(H,17,18,19). The molecule has 0 spiro atoms. The van der Waals surface area contributed by atoms with Crippen LogP contribution in [0.4, 0.5) is 5.82 Å². The lowest BCUT2D eigenvalue weighted by Crippen LogP contribution is -2.44. The molecular formula is C16H29N5. The van der Waals surface area contributed by atoms with Crippen LogP contribution in [0, 0.1) is 6.92 Å². The van der Waals surface area contributed by atoms with Gasteiger partial charge in [-0.05, 0) is 46.8 Å². The molecule has 21 heavy (non-hydrogen) atoms. The number of nitrogens with zero attached hydrogens (tertiary/aromatic N) is 4. The van der Waals surface area contributed by atoms with Crippen LogP contribution >= 0.6 is 0 Å². The molecule has 0 aromatic carbocycles. The number of aryl methyl sites for hydroxylation is 1. The third kappa shape index (κ3) is 4.93. The summed E-state index contributed by atoms with van der Waals surface area (Å²) in [6, 6.07) is 2.63. The minimum atomic E-state index is 0.611. The van der Waals surface area contributed by atoms with Gasteiger partial charge in [0.2, 0.25) is 0 Å². The second-order valence-electron chi connectivity index (χ2n) is 6.21. The topological polar surface area (TPSA) is 44.3 Å². The largest absolute Gasteiger partial charge is 0.370 e. The zero-order valence-corrected chi connectivity index (χ0v) is 13.9. The summed E-state index contributed by atoms with van der Waals surface area (Å²) in [5, 5.41) is 3.36. The molecule has 1 aromatic rings. The zero-order chi connectivity index (χ0) is 15.2. The molecule has 2 heterocycles. The van der Waals surface area contributed by atoms with Gasteiger partial charge in [0.05, 0.1) is 6.54 Å². The first-order valence-electron chi connectivity index (χ1n) is 8.05. The Labute approximate surface area is 128 Å². The molecular weight excluding hydrogens is 262 g/mol. The van der Waals surface area contributed by atoms with Gasteiger partial charge in [-0.3, -0.25) is 4.90 Å². The Hall–Kier alpha value is -1.20. The van der Waals surface area contributed by atoms with Gasteiger partial charge >= 0.3 is 0 Å². The summed E-state index contributed by atoms with van der Waals surface area (Å²) in [6.45, 7) is 8.34. The Morgan fingerprint density at radius 1 is 1.43 bits per heavy atom. The predicted molar refractivity (Wildman–Crippen MR) is 87.5 cm³/mol. The normalized spacial score (nSPS) is 20.0. The van der Waals surface area contributed by atoms with Gasteiger partial charge in [0.15, 0.2) is 0 Å². The van der Waals surface area contributed by atoms with E-state index >= 15 is 0 Å². The highest BCUT2D eigenvalue weighted by Crippen LogP contribution is 2.15. The van der Waals surface area contributed by atoms with E-state index in [1.807, 2.05) is 13.0 Å². The number of piperidine rings is 1. The summed E-state index contributed by atoms with van der Waals surface area (Å²) < 4.78 is 0. The molecule has 5 heteroatoms. The molecule has 1 fully saturated rings. The predicted octanol–water partition coefficient (Wildman–Crippen LogP) is 2.13. The lowest BCUT2D eigenvalue weighted by Gasteiger charge is -2.35. The maximum absolute atomic E-state index is 4.65. The Kier molecular flexibility index (Phi) is 5.94. The number of anilines is 1. The molecule has 0 radical (unpaired) electrons. The number of aromatic nitrogens is 2. The highest BCUT2D eigenvalue weighted by Gasteiger charge is 2.21. The van der Waals surface area contributed by atoms with Crippen molar-refractivity contribution in [1.82, 2.24) is 19.8 Å². The Morgan fingerprint density at radius 2 is 2.24 bits per heavy atom. The summed E-state index contributed by atoms with van der Waals surface area (Å²) in [5.74, 6) is 1.87. The molecule has 0 saturated carbocycles. The van der Waals surface area contributed by atoms with Gasteiger partial charge in [0, 0.05) is 30.9 Å². The van der Waals surface area contributed by atoms with Gasteiger partial charge < -0.3 is 10.2 Å². The van der Waals surface area contributed by atoms with Crippen LogP contribution in [-0.4, -0.2) is 59.5 Å². The van der Waals surface area contributed by atoms with Gasteiger partial charge in [-0.1, -0.05) is 6.92 Å². The van der Waals surface area contributed by atoms with Gasteiger partial charge in [-0.2, -0.15) is 0 Å². The first-order valence-corrected chi connectivity index (χ1v) is 8.05. The second kappa shape index (κ2) is 7.71. The number of hydrogen-bond donors (Lipinski definition) is 1. The van der Waals surface area contributed by atoms with Crippen molar-refractivity contribution in [3.8, 4) is 0 Å². The molecule has 0 aliphatic carbocycles. The van der Waals surface area contributed by atoms with E-state index in [-0.39, 0.29) is 0 Å². The first kappa shape index (κ1) is 16.2. The maximum atomic E-state index is 4.65. The van der Waals surface area contributed by atoms with Gasteiger partial charge in [0.25, 0.3) is 0 Å². The van der Waals surface area contributed by atoms with E-state index in [1.54, 1.807) is 0 Å². The van der Waals surface area contributed by atoms with Crippen LogP contribution < -0.4 is 5.32 Å². The van der Waals surface area contributed by atoms with Crippen molar-refractivity contribution in [1.29, 1.82) is 0 Å². The first-order chi connectivity index (χ1) is 10.1. The van der Waals surface area contributed by atoms with Crippen LogP contribution in [0.1, 0.15) is 37.7 Å². The molecule has 1 aliphatic rings. The highest BCUT2D eigenvalue weighted by molar-refractivity contribution is 5.35. The monoisotopic (exact) mass is 291 g/mol. The molecule has 1 saturated heterocycles. The van der Waals surface area contributed by atoms with Crippen molar-refractivity contribution in [2.75, 3.05) is 39.0 Å². The second-order valence-corrected chi connectivity index (χ2v) is 6.21. The quantitative estimate of drug-likeness (QED) is 0.870. The number of hydrogen-bond acceptors (Lipinski definition) is 5. The number of nitrogens with one attached hydrogen (secondary N) is 1. The molecule has 0 bridgehead atoms. The highest BCUT2D eigenvalue weighted by atomic mass is 15.2. The lowest BCUT2D eigenvalue weighted by atomic mass is 10.1. The van der Waals surface area contributed by atoms with Crippen molar-refractivity contribution < 1.29 is 0 Å². The van der Waals surface area contributed by atoms with Crippen LogP contribution in [0.5, 0.6) is 0 Å². The van der Waals surface area contributed by atoms with Crippen LogP contribution in [-0.2, 0) is 6.54 Å². The van der Waals surface area contributed by atoms with Gasteiger partial charge in [-0.25, -0.2) is 9.97 Å². The minimum absolute atomic E-state index is 0.611. The summed E-state index contributed by atoms with van der Waals surface area (Å²) in [7, 11) is 4.39. The van der Waals surface area contributed by atoms with E-state index in [9.17, 15) is 0 Å². The van der Waals surface area contributed by atoms with Gasteiger partial charge in [-0.15, -0.1) is 0 Å². The van der Waals surface area contributed by atoms with Crippen LogP contribution in [0.2, 0.25) is 0 Å². The van der Waals surface area contributed by atoms with Crippen molar-refractivity contribution >= 4 is 5.82 Å². The molecule has 2 rings (SSSR count). The Morgan fingerprint density at radius 3 is 2.95 bits per heavy atom. The van der Waals surface area contributed by atoms with Crippen LogP contribution in [0.3, 0.4) is 0 Å². The van der Waals surface area contributed by atoms with Crippen LogP contribution in [0.15, 0.2) is 6.07 Å². The summed E-state index contributed by atoms with van der Waals surface area (Å²) in [6.07, 6.45) is 3.66. The van der Waals surface area contributed by atoms with E-state index < -0.39 is 0 Å². The fraction of sp³-hybridized carbons (Fsp3) is 0.750. The van der Waals surface area contributed by atoms with E-state index in [2.05, 4.69) is 46.1 Å². The zero-order valence-electron chi connectivity index (χ0n) is 13.9. The smallest absolute Gasteiger partial charge is 0.144 e. The maximum Gasteiger partial charge on any atom is 0.144 e. The number of rotatable bonds is 6. The summed E-state index contributed by atoms with van der Waals surface area (Å²) in [5.41, 5.74) is 1.03. The molecule has 1 aliphatic heterocycles. The molecule has 118 valence electrons. The third-order valence-electron chi connectivity index (χ3n) is 4.07. The van der Waals surface area contributed by atoms with E-state index in [0.29, 0.717) is 6.04 Å². The van der Waals surface area contributed by atoms with Crippen molar-refractivity contribution in [3.63, 3.8) is 0 Å². The Balaban J connectivity index is 1.99.